The minimum atomic E-state index is -4.49. The van der Waals surface area contributed by atoms with Gasteiger partial charge in [-0.1, -0.05) is 26.7 Å². The first-order valence-electron chi connectivity index (χ1n) is 7.26. The van der Waals surface area contributed by atoms with Gasteiger partial charge in [-0.05, 0) is 31.7 Å². The van der Waals surface area contributed by atoms with Gasteiger partial charge in [-0.15, -0.1) is 0 Å². The number of alkyl halides is 3. The van der Waals surface area contributed by atoms with Gasteiger partial charge in [0.2, 0.25) is 0 Å². The summed E-state index contributed by atoms with van der Waals surface area (Å²) >= 11 is 0. The summed E-state index contributed by atoms with van der Waals surface area (Å²) in [5.41, 5.74) is 0. The summed E-state index contributed by atoms with van der Waals surface area (Å²) in [5, 5.41) is 8.79. The monoisotopic (exact) mass is 295 g/mol. The number of rotatable bonds is 7. The summed E-state index contributed by atoms with van der Waals surface area (Å²) < 4.78 is 39.6. The van der Waals surface area contributed by atoms with Crippen LogP contribution < -0.4 is 0 Å². The summed E-state index contributed by atoms with van der Waals surface area (Å²) in [6, 6.07) is -1.98. The van der Waals surface area contributed by atoms with Crippen molar-refractivity contribution in [3.05, 3.63) is 0 Å². The lowest BCUT2D eigenvalue weighted by molar-refractivity contribution is -0.196. The van der Waals surface area contributed by atoms with Crippen molar-refractivity contribution in [3.63, 3.8) is 0 Å². The Morgan fingerprint density at radius 1 is 1.30 bits per heavy atom. The smallest absolute Gasteiger partial charge is 0.404 e. The maximum atomic E-state index is 13.2. The molecule has 1 unspecified atom stereocenters. The molecule has 0 aromatic rings. The van der Waals surface area contributed by atoms with E-state index in [0.717, 1.165) is 25.7 Å². The van der Waals surface area contributed by atoms with E-state index in [4.69, 9.17) is 5.11 Å². The highest BCUT2D eigenvalue weighted by molar-refractivity contribution is 5.67. The Hall–Kier alpha value is -0.780. The molecule has 0 radical (unpaired) electrons. The molecule has 1 saturated carbocycles. The van der Waals surface area contributed by atoms with Gasteiger partial charge in [0.1, 0.15) is 6.04 Å². The number of halogens is 3. The summed E-state index contributed by atoms with van der Waals surface area (Å²) in [7, 11) is 0. The van der Waals surface area contributed by atoms with Crippen LogP contribution in [0.3, 0.4) is 0 Å². The molecule has 0 heterocycles. The van der Waals surface area contributed by atoms with E-state index in [2.05, 4.69) is 0 Å². The van der Waals surface area contributed by atoms with E-state index in [-0.39, 0.29) is 6.04 Å². The number of carboxylic acids is 1. The predicted molar refractivity (Wildman–Crippen MR) is 70.5 cm³/mol. The molecule has 0 aliphatic heterocycles. The molecule has 1 aliphatic carbocycles. The van der Waals surface area contributed by atoms with Crippen LogP contribution in [0.25, 0.3) is 0 Å². The number of carbonyl (C=O) groups is 1. The fraction of sp³-hybridized carbons (Fsp3) is 0.929. The summed E-state index contributed by atoms with van der Waals surface area (Å²) in [6.45, 7) is 4.25. The Kier molecular flexibility index (Phi) is 6.30. The topological polar surface area (TPSA) is 40.5 Å². The van der Waals surface area contributed by atoms with Gasteiger partial charge in [0.05, 0.1) is 6.42 Å². The third kappa shape index (κ3) is 5.31. The zero-order valence-corrected chi connectivity index (χ0v) is 12.1. The highest BCUT2D eigenvalue weighted by Crippen LogP contribution is 2.34. The number of hydrogen-bond donors (Lipinski definition) is 1. The van der Waals surface area contributed by atoms with Crippen molar-refractivity contribution in [2.24, 2.45) is 5.92 Å². The van der Waals surface area contributed by atoms with Crippen LogP contribution >= 0.6 is 0 Å². The molecule has 1 N–H and O–H groups in total. The van der Waals surface area contributed by atoms with Crippen LogP contribution in [0.15, 0.2) is 0 Å². The summed E-state index contributed by atoms with van der Waals surface area (Å²) in [5.74, 6) is -1.09. The highest BCUT2D eigenvalue weighted by atomic mass is 19.4. The van der Waals surface area contributed by atoms with Crippen LogP contribution in [0, 0.1) is 5.92 Å². The number of hydrogen-bond acceptors (Lipinski definition) is 2. The molecule has 1 rings (SSSR count). The predicted octanol–water partition coefficient (Wildman–Crippen LogP) is 3.68. The first-order chi connectivity index (χ1) is 9.21. The Balaban J connectivity index is 2.87. The molecule has 0 amide bonds. The first-order valence-corrected chi connectivity index (χ1v) is 7.26. The molecule has 0 bridgehead atoms. The second-order valence-electron chi connectivity index (χ2n) is 6.01. The average Bonchev–Trinajstić information content (AvgIpc) is 2.79. The zero-order chi connectivity index (χ0) is 15.3. The van der Waals surface area contributed by atoms with Gasteiger partial charge in [0.25, 0.3) is 0 Å². The van der Waals surface area contributed by atoms with Crippen LogP contribution in [-0.4, -0.2) is 40.8 Å². The lowest BCUT2D eigenvalue weighted by atomic mass is 10.0. The van der Waals surface area contributed by atoms with Crippen molar-refractivity contribution >= 4 is 5.97 Å². The van der Waals surface area contributed by atoms with Crippen molar-refractivity contribution < 1.29 is 23.1 Å². The highest BCUT2D eigenvalue weighted by Gasteiger charge is 2.46. The lowest BCUT2D eigenvalue weighted by Crippen LogP contribution is -2.51. The number of carboxylic acid groups (broad SMARTS) is 1. The molecule has 1 atom stereocenters. The summed E-state index contributed by atoms with van der Waals surface area (Å²) in [6.07, 6.45) is -1.35. The fourth-order valence-electron chi connectivity index (χ4n) is 2.82. The lowest BCUT2D eigenvalue weighted by Gasteiger charge is -2.37. The molecule has 6 heteroatoms. The molecular formula is C14H24F3NO2. The van der Waals surface area contributed by atoms with Gasteiger partial charge in [-0.3, -0.25) is 9.69 Å². The molecular weight excluding hydrogens is 271 g/mol. The van der Waals surface area contributed by atoms with E-state index >= 15 is 0 Å². The van der Waals surface area contributed by atoms with Crippen LogP contribution in [0.2, 0.25) is 0 Å². The Morgan fingerprint density at radius 2 is 1.85 bits per heavy atom. The van der Waals surface area contributed by atoms with Crippen molar-refractivity contribution in [2.45, 2.75) is 70.6 Å². The molecule has 0 aromatic heterocycles. The van der Waals surface area contributed by atoms with Gasteiger partial charge >= 0.3 is 12.1 Å². The molecule has 1 fully saturated rings. The summed E-state index contributed by atoms with van der Waals surface area (Å²) in [4.78, 5) is 12.2. The molecule has 1 aliphatic rings. The maximum Gasteiger partial charge on any atom is 0.404 e. The molecule has 3 nitrogen and oxygen atoms in total. The van der Waals surface area contributed by atoms with Crippen LogP contribution in [0.5, 0.6) is 0 Å². The molecule has 20 heavy (non-hydrogen) atoms. The quantitative estimate of drug-likeness (QED) is 0.779. The fourth-order valence-corrected chi connectivity index (χ4v) is 2.82. The second kappa shape index (κ2) is 7.29. The third-order valence-electron chi connectivity index (χ3n) is 3.90. The standard InChI is InChI=1S/C14H24F3NO2/c1-10(2)7-8-18(11-5-3-4-6-11)12(9-13(19)20)14(15,16)17/h10-12H,3-9H2,1-2H3,(H,19,20). The van der Waals surface area contributed by atoms with Crippen molar-refractivity contribution in [2.75, 3.05) is 6.54 Å². The van der Waals surface area contributed by atoms with Gasteiger partial charge in [0.15, 0.2) is 0 Å². The SMILES string of the molecule is CC(C)CCN(C1CCCC1)C(CC(=O)O)C(F)(F)F. The van der Waals surface area contributed by atoms with Gasteiger partial charge in [0, 0.05) is 6.04 Å². The molecule has 118 valence electrons. The van der Waals surface area contributed by atoms with E-state index in [1.807, 2.05) is 13.8 Å². The molecule has 0 aromatic carbocycles. The second-order valence-corrected chi connectivity index (χ2v) is 6.01. The third-order valence-corrected chi connectivity index (χ3v) is 3.90. The van der Waals surface area contributed by atoms with Gasteiger partial charge in [-0.2, -0.15) is 13.2 Å². The van der Waals surface area contributed by atoms with E-state index in [0.29, 0.717) is 18.9 Å². The van der Waals surface area contributed by atoms with E-state index in [9.17, 15) is 18.0 Å². The average molecular weight is 295 g/mol. The normalized spacial score (nSPS) is 18.9. The number of nitrogens with zero attached hydrogens (tertiary/aromatic N) is 1. The minimum absolute atomic E-state index is 0.125. The Bertz CT molecular complexity index is 312. The Labute approximate surface area is 118 Å². The van der Waals surface area contributed by atoms with Crippen molar-refractivity contribution in [1.82, 2.24) is 4.90 Å². The molecule has 0 spiro atoms. The van der Waals surface area contributed by atoms with Crippen molar-refractivity contribution in [3.8, 4) is 0 Å². The Morgan fingerprint density at radius 3 is 2.25 bits per heavy atom. The van der Waals surface area contributed by atoms with Crippen LogP contribution in [0.1, 0.15) is 52.4 Å². The zero-order valence-electron chi connectivity index (χ0n) is 12.1. The first kappa shape index (κ1) is 17.3. The van der Waals surface area contributed by atoms with Crippen LogP contribution in [0.4, 0.5) is 13.2 Å². The largest absolute Gasteiger partial charge is 0.481 e. The van der Waals surface area contributed by atoms with Crippen LogP contribution in [-0.2, 0) is 4.79 Å². The number of aliphatic carboxylic acids is 1. The van der Waals surface area contributed by atoms with Gasteiger partial charge < -0.3 is 5.11 Å². The van der Waals surface area contributed by atoms with E-state index in [1.165, 1.54) is 4.90 Å². The van der Waals surface area contributed by atoms with Gasteiger partial charge in [-0.25, -0.2) is 0 Å². The maximum absolute atomic E-state index is 13.2. The van der Waals surface area contributed by atoms with E-state index in [1.54, 1.807) is 0 Å². The van der Waals surface area contributed by atoms with E-state index < -0.39 is 24.6 Å². The minimum Gasteiger partial charge on any atom is -0.481 e. The van der Waals surface area contributed by atoms with Crippen molar-refractivity contribution in [1.29, 1.82) is 0 Å². The molecule has 0 saturated heterocycles.